The van der Waals surface area contributed by atoms with Gasteiger partial charge in [0.2, 0.25) is 0 Å². The third kappa shape index (κ3) is 3.12. The summed E-state index contributed by atoms with van der Waals surface area (Å²) in [7, 11) is 0. The summed E-state index contributed by atoms with van der Waals surface area (Å²) in [5, 5.41) is 13.4. The Morgan fingerprint density at radius 2 is 2.16 bits per heavy atom. The van der Waals surface area contributed by atoms with E-state index in [2.05, 4.69) is 24.1 Å². The number of aromatic nitrogens is 1. The molecule has 3 atom stereocenters. The predicted octanol–water partition coefficient (Wildman–Crippen LogP) is 2.40. The van der Waals surface area contributed by atoms with Crippen LogP contribution in [0, 0.1) is 11.8 Å². The van der Waals surface area contributed by atoms with E-state index in [9.17, 15) is 9.59 Å². The van der Waals surface area contributed by atoms with Crippen LogP contribution in [-0.2, 0) is 0 Å². The second kappa shape index (κ2) is 5.69. The van der Waals surface area contributed by atoms with E-state index >= 15 is 0 Å². The Hall–Kier alpha value is -1.43. The number of carbonyl (C=O) groups excluding carboxylic acids is 1. The molecule has 5 nitrogen and oxygen atoms in total. The summed E-state index contributed by atoms with van der Waals surface area (Å²) in [4.78, 5) is 26.6. The smallest absolute Gasteiger partial charge is 0.355 e. The average Bonchev–Trinajstić information content (AvgIpc) is 2.84. The Morgan fingerprint density at radius 3 is 2.79 bits per heavy atom. The number of aromatic carboxylic acids is 1. The maximum Gasteiger partial charge on any atom is 0.355 e. The molecule has 2 rings (SSSR count). The molecule has 104 valence electrons. The fourth-order valence-corrected chi connectivity index (χ4v) is 3.19. The van der Waals surface area contributed by atoms with Gasteiger partial charge in [-0.3, -0.25) is 4.79 Å². The van der Waals surface area contributed by atoms with Crippen molar-refractivity contribution in [2.45, 2.75) is 39.2 Å². The maximum atomic E-state index is 12.0. The zero-order chi connectivity index (χ0) is 14.0. The van der Waals surface area contributed by atoms with Gasteiger partial charge >= 0.3 is 5.97 Å². The standard InChI is InChI=1S/C13H18N2O3S/c1-7-4-3-5-9(8(7)2)14-11(16)12-15-10(6-19-12)13(17)18/h6-9H,3-5H2,1-2H3,(H,14,16)(H,17,18). The summed E-state index contributed by atoms with van der Waals surface area (Å²) in [6, 6.07) is 0.161. The van der Waals surface area contributed by atoms with Crippen LogP contribution in [-0.4, -0.2) is 28.0 Å². The van der Waals surface area contributed by atoms with Crippen LogP contribution >= 0.6 is 11.3 Å². The van der Waals surface area contributed by atoms with Crippen LogP contribution < -0.4 is 5.32 Å². The van der Waals surface area contributed by atoms with E-state index in [4.69, 9.17) is 5.11 Å². The van der Waals surface area contributed by atoms with Crippen molar-refractivity contribution in [3.63, 3.8) is 0 Å². The van der Waals surface area contributed by atoms with Crippen molar-refractivity contribution < 1.29 is 14.7 Å². The molecule has 0 radical (unpaired) electrons. The van der Waals surface area contributed by atoms with E-state index in [0.29, 0.717) is 11.8 Å². The lowest BCUT2D eigenvalue weighted by atomic mass is 9.78. The lowest BCUT2D eigenvalue weighted by molar-refractivity contribution is 0.0691. The fourth-order valence-electron chi connectivity index (χ4n) is 2.49. The minimum atomic E-state index is -1.10. The number of carbonyl (C=O) groups is 2. The van der Waals surface area contributed by atoms with Gasteiger partial charge in [-0.25, -0.2) is 9.78 Å². The highest BCUT2D eigenvalue weighted by Crippen LogP contribution is 2.29. The zero-order valence-electron chi connectivity index (χ0n) is 11.0. The molecule has 3 unspecified atom stereocenters. The molecule has 1 aromatic heterocycles. The zero-order valence-corrected chi connectivity index (χ0v) is 11.9. The summed E-state index contributed by atoms with van der Waals surface area (Å²) >= 11 is 1.07. The highest BCUT2D eigenvalue weighted by atomic mass is 32.1. The Kier molecular flexibility index (Phi) is 4.19. The third-order valence-corrected chi connectivity index (χ3v) is 4.78. The van der Waals surface area contributed by atoms with E-state index in [1.807, 2.05) is 0 Å². The van der Waals surface area contributed by atoms with Crippen LogP contribution in [0.5, 0.6) is 0 Å². The molecule has 0 spiro atoms. The Labute approximate surface area is 116 Å². The first-order valence-electron chi connectivity index (χ1n) is 6.48. The van der Waals surface area contributed by atoms with Gasteiger partial charge in [-0.2, -0.15) is 0 Å². The quantitative estimate of drug-likeness (QED) is 0.892. The van der Waals surface area contributed by atoms with Gasteiger partial charge in [0, 0.05) is 11.4 Å². The molecule has 1 amide bonds. The highest BCUT2D eigenvalue weighted by molar-refractivity contribution is 7.11. The molecule has 0 aromatic carbocycles. The van der Waals surface area contributed by atoms with Gasteiger partial charge in [-0.1, -0.05) is 26.7 Å². The van der Waals surface area contributed by atoms with Crippen molar-refractivity contribution in [1.29, 1.82) is 0 Å². The van der Waals surface area contributed by atoms with Crippen LogP contribution in [0.25, 0.3) is 0 Å². The Morgan fingerprint density at radius 1 is 1.42 bits per heavy atom. The Bertz CT molecular complexity index is 486. The van der Waals surface area contributed by atoms with Gasteiger partial charge in [0.15, 0.2) is 10.7 Å². The van der Waals surface area contributed by atoms with Crippen molar-refractivity contribution >= 4 is 23.2 Å². The van der Waals surface area contributed by atoms with Crippen LogP contribution in [0.2, 0.25) is 0 Å². The molecule has 1 fully saturated rings. The summed E-state index contributed by atoms with van der Waals surface area (Å²) in [6.45, 7) is 4.36. The number of carboxylic acid groups (broad SMARTS) is 1. The van der Waals surface area contributed by atoms with Crippen molar-refractivity contribution in [2.24, 2.45) is 11.8 Å². The molecule has 6 heteroatoms. The molecular weight excluding hydrogens is 264 g/mol. The van der Waals surface area contributed by atoms with Gasteiger partial charge in [0.1, 0.15) is 0 Å². The number of nitrogens with one attached hydrogen (secondary N) is 1. The van der Waals surface area contributed by atoms with E-state index in [-0.39, 0.29) is 22.7 Å². The molecule has 1 aliphatic rings. The fraction of sp³-hybridized carbons (Fsp3) is 0.615. The Balaban J connectivity index is 2.01. The second-order valence-corrected chi connectivity index (χ2v) is 6.05. The molecule has 2 N–H and O–H groups in total. The van der Waals surface area contributed by atoms with Crippen LogP contribution in [0.1, 0.15) is 53.4 Å². The first kappa shape index (κ1) is 14.0. The molecule has 1 aliphatic carbocycles. The lowest BCUT2D eigenvalue weighted by Crippen LogP contribution is -2.43. The number of thiazole rings is 1. The molecule has 0 saturated heterocycles. The van der Waals surface area contributed by atoms with Crippen LogP contribution in [0.3, 0.4) is 0 Å². The summed E-state index contributed by atoms with van der Waals surface area (Å²) in [6.07, 6.45) is 3.30. The SMILES string of the molecule is CC1CCCC(NC(=O)c2nc(C(=O)O)cs2)C1C. The number of hydrogen-bond acceptors (Lipinski definition) is 4. The van der Waals surface area contributed by atoms with Crippen LogP contribution in [0.4, 0.5) is 0 Å². The minimum absolute atomic E-state index is 0.0692. The molecular formula is C13H18N2O3S. The number of carboxylic acids is 1. The second-order valence-electron chi connectivity index (χ2n) is 5.19. The average molecular weight is 282 g/mol. The number of nitrogens with zero attached hydrogens (tertiary/aromatic N) is 1. The predicted molar refractivity (Wildman–Crippen MR) is 72.5 cm³/mol. The van der Waals surface area contributed by atoms with Crippen molar-refractivity contribution in [1.82, 2.24) is 10.3 Å². The first-order valence-corrected chi connectivity index (χ1v) is 7.36. The van der Waals surface area contributed by atoms with Crippen molar-refractivity contribution in [3.05, 3.63) is 16.1 Å². The van der Waals surface area contributed by atoms with Crippen molar-refractivity contribution in [2.75, 3.05) is 0 Å². The molecule has 19 heavy (non-hydrogen) atoms. The number of rotatable bonds is 3. The molecule has 1 heterocycles. The van der Waals surface area contributed by atoms with Crippen LogP contribution in [0.15, 0.2) is 5.38 Å². The van der Waals surface area contributed by atoms with Gasteiger partial charge in [0.05, 0.1) is 0 Å². The molecule has 0 aliphatic heterocycles. The maximum absolute atomic E-state index is 12.0. The van der Waals surface area contributed by atoms with Gasteiger partial charge in [-0.05, 0) is 18.3 Å². The number of amides is 1. The normalized spacial score (nSPS) is 26.9. The molecule has 1 aromatic rings. The van der Waals surface area contributed by atoms with Gasteiger partial charge in [0.25, 0.3) is 5.91 Å². The minimum Gasteiger partial charge on any atom is -0.476 e. The third-order valence-electron chi connectivity index (χ3n) is 3.94. The van der Waals surface area contributed by atoms with Crippen molar-refractivity contribution in [3.8, 4) is 0 Å². The summed E-state index contributed by atoms with van der Waals surface area (Å²) in [5.41, 5.74) is -0.0692. The summed E-state index contributed by atoms with van der Waals surface area (Å²) in [5.74, 6) is -0.320. The highest BCUT2D eigenvalue weighted by Gasteiger charge is 2.29. The van der Waals surface area contributed by atoms with E-state index in [0.717, 1.165) is 24.2 Å². The first-order chi connectivity index (χ1) is 8.99. The lowest BCUT2D eigenvalue weighted by Gasteiger charge is -2.34. The largest absolute Gasteiger partial charge is 0.476 e. The molecule has 0 bridgehead atoms. The summed E-state index contributed by atoms with van der Waals surface area (Å²) < 4.78 is 0. The monoisotopic (exact) mass is 282 g/mol. The molecule has 1 saturated carbocycles. The number of hydrogen-bond donors (Lipinski definition) is 2. The van der Waals surface area contributed by atoms with Gasteiger partial charge < -0.3 is 10.4 Å². The topological polar surface area (TPSA) is 79.3 Å². The van der Waals surface area contributed by atoms with E-state index in [1.165, 1.54) is 11.8 Å². The van der Waals surface area contributed by atoms with E-state index < -0.39 is 5.97 Å². The van der Waals surface area contributed by atoms with E-state index in [1.54, 1.807) is 0 Å². The van der Waals surface area contributed by atoms with Gasteiger partial charge in [-0.15, -0.1) is 11.3 Å².